The summed E-state index contributed by atoms with van der Waals surface area (Å²) in [5.74, 6) is 1.81. The highest BCUT2D eigenvalue weighted by Crippen LogP contribution is 2.34. The van der Waals surface area contributed by atoms with Gasteiger partial charge in [-0.3, -0.25) is 0 Å². The van der Waals surface area contributed by atoms with E-state index in [9.17, 15) is 0 Å². The molecule has 3 aromatic rings. The fraction of sp³-hybridized carbons (Fsp3) is 0.296. The van der Waals surface area contributed by atoms with Gasteiger partial charge in [0.2, 0.25) is 0 Å². The van der Waals surface area contributed by atoms with Gasteiger partial charge in [0.1, 0.15) is 11.5 Å². The molecule has 1 heterocycles. The number of hydrogen-bond donors (Lipinski definition) is 0. The molecule has 0 amide bonds. The lowest BCUT2D eigenvalue weighted by Crippen LogP contribution is -2.21. The zero-order chi connectivity index (χ0) is 22.4. The van der Waals surface area contributed by atoms with Crippen LogP contribution in [0.2, 0.25) is 0 Å². The minimum absolute atomic E-state index is 0.720. The molecule has 0 radical (unpaired) electrons. The number of benzene rings is 2. The van der Waals surface area contributed by atoms with Crippen LogP contribution < -0.4 is 4.90 Å². The molecule has 162 valence electrons. The molecule has 0 bridgehead atoms. The summed E-state index contributed by atoms with van der Waals surface area (Å²) in [6.45, 7) is 14.5. The summed E-state index contributed by atoms with van der Waals surface area (Å²) in [6.07, 6.45) is 4.08. The Bertz CT molecular complexity index is 1020. The van der Waals surface area contributed by atoms with Crippen LogP contribution in [0.25, 0.3) is 17.1 Å². The van der Waals surface area contributed by atoms with Crippen molar-refractivity contribution in [3.8, 4) is 11.4 Å². The molecule has 31 heavy (non-hydrogen) atoms. The number of anilines is 1. The Morgan fingerprint density at radius 3 is 2.35 bits per heavy atom. The molecule has 1 aromatic heterocycles. The van der Waals surface area contributed by atoms with Gasteiger partial charge < -0.3 is 14.4 Å². The molecule has 2 aromatic carbocycles. The molecule has 0 N–H and O–H groups in total. The Hall–Kier alpha value is -3.27. The summed E-state index contributed by atoms with van der Waals surface area (Å²) in [5.41, 5.74) is 5.55. The number of aromatic nitrogens is 2. The van der Waals surface area contributed by atoms with Crippen LogP contribution in [-0.4, -0.2) is 35.1 Å². The summed E-state index contributed by atoms with van der Waals surface area (Å²) in [5, 5.41) is 0. The lowest BCUT2D eigenvalue weighted by molar-refractivity contribution is 0.460. The summed E-state index contributed by atoms with van der Waals surface area (Å²) in [6, 6.07) is 19.1. The molecular weight excluding hydrogens is 380 g/mol. The molecule has 0 spiro atoms. The van der Waals surface area contributed by atoms with E-state index in [2.05, 4.69) is 92.1 Å². The fourth-order valence-corrected chi connectivity index (χ4v) is 3.61. The maximum Gasteiger partial charge on any atom is 0.160 e. The highest BCUT2D eigenvalue weighted by atomic mass is 15.3. The Morgan fingerprint density at radius 2 is 1.74 bits per heavy atom. The van der Waals surface area contributed by atoms with Crippen molar-refractivity contribution in [1.82, 2.24) is 14.5 Å². The first-order chi connectivity index (χ1) is 15.0. The fourth-order valence-electron chi connectivity index (χ4n) is 3.61. The highest BCUT2D eigenvalue weighted by Gasteiger charge is 2.24. The number of hydrogen-bond acceptors (Lipinski definition) is 3. The lowest BCUT2D eigenvalue weighted by atomic mass is 10.1. The maximum atomic E-state index is 5.09. The van der Waals surface area contributed by atoms with E-state index in [1.165, 1.54) is 11.1 Å². The van der Waals surface area contributed by atoms with Gasteiger partial charge in [0.05, 0.1) is 5.70 Å². The smallest absolute Gasteiger partial charge is 0.160 e. The van der Waals surface area contributed by atoms with Crippen LogP contribution in [0.3, 0.4) is 0 Å². The van der Waals surface area contributed by atoms with Crippen molar-refractivity contribution in [2.75, 3.05) is 25.5 Å². The average Bonchev–Trinajstić information content (AvgIpc) is 3.16. The number of nitrogens with zero attached hydrogens (tertiary/aromatic N) is 4. The Balaban J connectivity index is 2.20. The van der Waals surface area contributed by atoms with Gasteiger partial charge in [0.15, 0.2) is 5.82 Å². The number of aryl methyl sites for hydroxylation is 1. The van der Waals surface area contributed by atoms with Crippen LogP contribution in [-0.2, 0) is 6.54 Å². The van der Waals surface area contributed by atoms with Crippen LogP contribution >= 0.6 is 0 Å². The van der Waals surface area contributed by atoms with Gasteiger partial charge in [0.25, 0.3) is 0 Å². The first kappa shape index (κ1) is 22.4. The van der Waals surface area contributed by atoms with Gasteiger partial charge in [-0.05, 0) is 25.1 Å². The third kappa shape index (κ3) is 5.08. The zero-order valence-corrected chi connectivity index (χ0v) is 19.3. The van der Waals surface area contributed by atoms with Gasteiger partial charge in [-0.1, -0.05) is 86.7 Å². The van der Waals surface area contributed by atoms with Gasteiger partial charge in [0, 0.05) is 32.7 Å². The third-order valence-electron chi connectivity index (χ3n) is 5.63. The number of unbranched alkanes of at least 4 members (excludes halogenated alkanes) is 1. The predicted molar refractivity (Wildman–Crippen MR) is 133 cm³/mol. The maximum absolute atomic E-state index is 5.09. The summed E-state index contributed by atoms with van der Waals surface area (Å²) in [4.78, 5) is 9.31. The van der Waals surface area contributed by atoms with Gasteiger partial charge >= 0.3 is 0 Å². The van der Waals surface area contributed by atoms with E-state index in [1.807, 2.05) is 18.0 Å². The molecule has 0 unspecified atom stereocenters. The average molecular weight is 415 g/mol. The third-order valence-corrected chi connectivity index (χ3v) is 5.63. The first-order valence-electron chi connectivity index (χ1n) is 10.9. The van der Waals surface area contributed by atoms with Crippen molar-refractivity contribution in [3.05, 3.63) is 90.8 Å². The number of rotatable bonds is 10. The largest absolute Gasteiger partial charge is 0.373 e. The molecule has 0 aliphatic carbocycles. The summed E-state index contributed by atoms with van der Waals surface area (Å²) < 4.78 is 2.29. The lowest BCUT2D eigenvalue weighted by Gasteiger charge is -2.25. The summed E-state index contributed by atoms with van der Waals surface area (Å²) in [7, 11) is 4.10. The Kier molecular flexibility index (Phi) is 7.35. The highest BCUT2D eigenvalue weighted by molar-refractivity contribution is 5.75. The van der Waals surface area contributed by atoms with E-state index >= 15 is 0 Å². The molecule has 0 atom stereocenters. The van der Waals surface area contributed by atoms with Crippen LogP contribution in [0.1, 0.15) is 36.6 Å². The molecule has 0 saturated carbocycles. The van der Waals surface area contributed by atoms with Crippen molar-refractivity contribution in [1.29, 1.82) is 0 Å². The van der Waals surface area contributed by atoms with Gasteiger partial charge in [-0.2, -0.15) is 0 Å². The minimum Gasteiger partial charge on any atom is -0.373 e. The standard InChI is InChI=1S/C27H34N4/c1-7-9-19-30(6)22(4)25-27(29(5)8-2)28-26(24-17-15-21(3)16-18-24)31(25)20-23-13-11-10-12-14-23/h8,10-18H,2,4,7,9,19-20H2,1,3,5-6H3. The van der Waals surface area contributed by atoms with Crippen molar-refractivity contribution in [2.24, 2.45) is 0 Å². The van der Waals surface area contributed by atoms with Crippen molar-refractivity contribution < 1.29 is 0 Å². The second kappa shape index (κ2) is 10.2. The van der Waals surface area contributed by atoms with Gasteiger partial charge in [-0.15, -0.1) is 0 Å². The molecule has 0 aliphatic rings. The SMILES string of the molecule is C=CN(C)c1nc(-c2ccc(C)cc2)n(Cc2ccccc2)c1C(=C)N(C)CCCC. The zero-order valence-electron chi connectivity index (χ0n) is 19.3. The van der Waals surface area contributed by atoms with Crippen LogP contribution in [0.15, 0.2) is 74.0 Å². The molecule has 4 heteroatoms. The molecule has 0 fully saturated rings. The van der Waals surface area contributed by atoms with E-state index in [-0.39, 0.29) is 0 Å². The van der Waals surface area contributed by atoms with E-state index in [0.717, 1.165) is 54.5 Å². The first-order valence-corrected chi connectivity index (χ1v) is 10.9. The van der Waals surface area contributed by atoms with Crippen molar-refractivity contribution in [3.63, 3.8) is 0 Å². The van der Waals surface area contributed by atoms with Crippen molar-refractivity contribution in [2.45, 2.75) is 33.2 Å². The van der Waals surface area contributed by atoms with E-state index in [0.29, 0.717) is 0 Å². The molecule has 0 saturated heterocycles. The minimum atomic E-state index is 0.720. The molecular formula is C27H34N4. The van der Waals surface area contributed by atoms with Crippen LogP contribution in [0, 0.1) is 6.92 Å². The Morgan fingerprint density at radius 1 is 1.06 bits per heavy atom. The topological polar surface area (TPSA) is 24.3 Å². The van der Waals surface area contributed by atoms with E-state index < -0.39 is 0 Å². The quantitative estimate of drug-likeness (QED) is 0.395. The van der Waals surface area contributed by atoms with Gasteiger partial charge in [-0.25, -0.2) is 4.98 Å². The van der Waals surface area contributed by atoms with Crippen LogP contribution in [0.5, 0.6) is 0 Å². The Labute approximate surface area is 187 Å². The second-order valence-corrected chi connectivity index (χ2v) is 8.06. The normalized spacial score (nSPS) is 10.7. The van der Waals surface area contributed by atoms with E-state index in [4.69, 9.17) is 4.98 Å². The summed E-state index contributed by atoms with van der Waals surface area (Å²) >= 11 is 0. The monoisotopic (exact) mass is 414 g/mol. The predicted octanol–water partition coefficient (Wildman–Crippen LogP) is 6.19. The molecule has 4 nitrogen and oxygen atoms in total. The van der Waals surface area contributed by atoms with Crippen molar-refractivity contribution >= 4 is 11.5 Å². The van der Waals surface area contributed by atoms with E-state index in [1.54, 1.807) is 6.20 Å². The second-order valence-electron chi connectivity index (χ2n) is 8.06. The number of imidazole rings is 1. The molecule has 3 rings (SSSR count). The van der Waals surface area contributed by atoms with Crippen LogP contribution in [0.4, 0.5) is 5.82 Å². The molecule has 0 aliphatic heterocycles.